The third-order valence-electron chi connectivity index (χ3n) is 5.18. The molecule has 2 heterocycles. The minimum Gasteiger partial charge on any atom is -0.393 e. The number of hydrogen-bond acceptors (Lipinski definition) is 5. The minimum atomic E-state index is -0.107. The molecule has 1 amide bonds. The number of aliphatic hydroxyl groups excluding tert-OH is 1. The van der Waals surface area contributed by atoms with Crippen LogP contribution in [0.4, 0.5) is 5.13 Å². The summed E-state index contributed by atoms with van der Waals surface area (Å²) in [5.41, 5.74) is 0.934. The first-order valence-corrected chi connectivity index (χ1v) is 9.17. The second kappa shape index (κ2) is 6.54. The summed E-state index contributed by atoms with van der Waals surface area (Å²) in [6.45, 7) is 4.49. The summed E-state index contributed by atoms with van der Waals surface area (Å²) in [4.78, 5) is 18.9. The average molecular weight is 323 g/mol. The number of nitrogens with zero attached hydrogens (tertiary/aromatic N) is 2. The van der Waals surface area contributed by atoms with E-state index in [0.717, 1.165) is 63.3 Å². The number of carbonyl (C=O) groups excluding carboxylic acids is 1. The highest BCUT2D eigenvalue weighted by Crippen LogP contribution is 2.44. The zero-order valence-electron chi connectivity index (χ0n) is 13.2. The van der Waals surface area contributed by atoms with Crippen molar-refractivity contribution in [3.8, 4) is 0 Å². The van der Waals surface area contributed by atoms with Crippen molar-refractivity contribution >= 4 is 22.4 Å². The highest BCUT2D eigenvalue weighted by atomic mass is 32.1. The van der Waals surface area contributed by atoms with Gasteiger partial charge in [0.05, 0.1) is 6.10 Å². The van der Waals surface area contributed by atoms with Crippen molar-refractivity contribution in [2.45, 2.75) is 51.6 Å². The second-order valence-electron chi connectivity index (χ2n) is 6.59. The fourth-order valence-electron chi connectivity index (χ4n) is 3.67. The molecule has 6 heteroatoms. The van der Waals surface area contributed by atoms with Crippen molar-refractivity contribution in [1.82, 2.24) is 9.88 Å². The van der Waals surface area contributed by atoms with Crippen molar-refractivity contribution in [3.05, 3.63) is 11.1 Å². The highest BCUT2D eigenvalue weighted by molar-refractivity contribution is 7.13. The predicted molar refractivity (Wildman–Crippen MR) is 88.3 cm³/mol. The molecule has 2 aliphatic rings. The zero-order chi connectivity index (χ0) is 15.6. The van der Waals surface area contributed by atoms with Gasteiger partial charge in [-0.1, -0.05) is 0 Å². The van der Waals surface area contributed by atoms with Gasteiger partial charge in [0.15, 0.2) is 5.13 Å². The van der Waals surface area contributed by atoms with Gasteiger partial charge < -0.3 is 15.3 Å². The molecular formula is C16H25N3O2S. The maximum atomic E-state index is 12.5. The molecule has 1 aliphatic carbocycles. The smallest absolute Gasteiger partial charge is 0.273 e. The number of thiazole rings is 1. The molecule has 1 saturated carbocycles. The van der Waals surface area contributed by atoms with Crippen LogP contribution < -0.4 is 5.32 Å². The van der Waals surface area contributed by atoms with E-state index in [1.807, 2.05) is 17.2 Å². The third kappa shape index (κ3) is 3.27. The van der Waals surface area contributed by atoms with E-state index in [1.54, 1.807) is 0 Å². The van der Waals surface area contributed by atoms with E-state index >= 15 is 0 Å². The Morgan fingerprint density at radius 1 is 1.41 bits per heavy atom. The summed E-state index contributed by atoms with van der Waals surface area (Å²) in [7, 11) is 0. The first-order valence-electron chi connectivity index (χ1n) is 8.29. The molecule has 0 bridgehead atoms. The molecule has 3 rings (SSSR count). The molecule has 22 heavy (non-hydrogen) atoms. The summed E-state index contributed by atoms with van der Waals surface area (Å²) in [6, 6.07) is 0. The molecule has 1 aliphatic heterocycles. The lowest BCUT2D eigenvalue weighted by Crippen LogP contribution is -2.45. The van der Waals surface area contributed by atoms with Crippen molar-refractivity contribution in [2.75, 3.05) is 25.0 Å². The van der Waals surface area contributed by atoms with Crippen LogP contribution in [0, 0.1) is 5.41 Å². The minimum absolute atomic E-state index is 0.0612. The van der Waals surface area contributed by atoms with Gasteiger partial charge >= 0.3 is 0 Å². The number of aliphatic hydroxyl groups is 1. The van der Waals surface area contributed by atoms with Gasteiger partial charge in [0.1, 0.15) is 5.69 Å². The number of carbonyl (C=O) groups is 1. The number of anilines is 1. The Morgan fingerprint density at radius 2 is 2.09 bits per heavy atom. The van der Waals surface area contributed by atoms with Crippen LogP contribution in [0.25, 0.3) is 0 Å². The van der Waals surface area contributed by atoms with Gasteiger partial charge in [0.2, 0.25) is 0 Å². The van der Waals surface area contributed by atoms with E-state index in [1.165, 1.54) is 11.3 Å². The van der Waals surface area contributed by atoms with Gasteiger partial charge in [-0.15, -0.1) is 11.3 Å². The molecule has 122 valence electrons. The van der Waals surface area contributed by atoms with Crippen LogP contribution in [-0.2, 0) is 0 Å². The van der Waals surface area contributed by atoms with Gasteiger partial charge in [0, 0.05) is 25.0 Å². The lowest BCUT2D eigenvalue weighted by molar-refractivity contribution is 0.0167. The topological polar surface area (TPSA) is 65.5 Å². The standard InChI is InChI=1S/C16H25N3O2S/c1-2-17-15-18-13(11-22-15)14(21)19-9-7-16(8-10-19)5-3-12(20)4-6-16/h11-12,20H,2-10H2,1H3,(H,17,18). The van der Waals surface area contributed by atoms with Crippen LogP contribution >= 0.6 is 11.3 Å². The molecule has 1 aromatic rings. The molecule has 5 nitrogen and oxygen atoms in total. The van der Waals surface area contributed by atoms with Crippen LogP contribution in [0.2, 0.25) is 0 Å². The monoisotopic (exact) mass is 323 g/mol. The molecule has 0 aromatic carbocycles. The second-order valence-corrected chi connectivity index (χ2v) is 7.45. The van der Waals surface area contributed by atoms with E-state index < -0.39 is 0 Å². The van der Waals surface area contributed by atoms with Crippen molar-refractivity contribution in [1.29, 1.82) is 0 Å². The summed E-state index contributed by atoms with van der Waals surface area (Å²) in [5, 5.41) is 15.5. The number of rotatable bonds is 3. The Morgan fingerprint density at radius 3 is 2.73 bits per heavy atom. The van der Waals surface area contributed by atoms with E-state index in [-0.39, 0.29) is 12.0 Å². The van der Waals surface area contributed by atoms with E-state index in [4.69, 9.17) is 0 Å². The van der Waals surface area contributed by atoms with Crippen molar-refractivity contribution in [3.63, 3.8) is 0 Å². The normalized spacial score (nSPS) is 22.0. The van der Waals surface area contributed by atoms with Crippen LogP contribution in [0.1, 0.15) is 55.9 Å². The molecule has 1 aromatic heterocycles. The summed E-state index contributed by atoms with van der Waals surface area (Å²) < 4.78 is 0. The number of nitrogens with one attached hydrogen (secondary N) is 1. The van der Waals surface area contributed by atoms with E-state index in [0.29, 0.717) is 11.1 Å². The zero-order valence-corrected chi connectivity index (χ0v) is 14.0. The summed E-state index contributed by atoms with van der Waals surface area (Å²) in [5.74, 6) is 0.0612. The Labute approximate surface area is 135 Å². The number of hydrogen-bond donors (Lipinski definition) is 2. The molecule has 0 radical (unpaired) electrons. The summed E-state index contributed by atoms with van der Waals surface area (Å²) >= 11 is 1.49. The predicted octanol–water partition coefficient (Wildman–Crippen LogP) is 2.73. The third-order valence-corrected chi connectivity index (χ3v) is 5.98. The SMILES string of the molecule is CCNc1nc(C(=O)N2CCC3(CCC(O)CC3)CC2)cs1. The van der Waals surface area contributed by atoms with Crippen molar-refractivity contribution in [2.24, 2.45) is 5.41 Å². The molecular weight excluding hydrogens is 298 g/mol. The number of amides is 1. The van der Waals surface area contributed by atoms with E-state index in [9.17, 15) is 9.90 Å². The Kier molecular flexibility index (Phi) is 4.68. The lowest BCUT2D eigenvalue weighted by Gasteiger charge is -2.45. The summed E-state index contributed by atoms with van der Waals surface area (Å²) in [6.07, 6.45) is 6.09. The van der Waals surface area contributed by atoms with Crippen LogP contribution in [-0.4, -0.2) is 46.6 Å². The van der Waals surface area contributed by atoms with Crippen LogP contribution in [0.3, 0.4) is 0 Å². The fourth-order valence-corrected chi connectivity index (χ4v) is 4.42. The lowest BCUT2D eigenvalue weighted by atomic mass is 9.67. The van der Waals surface area contributed by atoms with Gasteiger partial charge in [-0.3, -0.25) is 4.79 Å². The molecule has 1 saturated heterocycles. The quantitative estimate of drug-likeness (QED) is 0.897. The maximum Gasteiger partial charge on any atom is 0.273 e. The largest absolute Gasteiger partial charge is 0.393 e. The highest BCUT2D eigenvalue weighted by Gasteiger charge is 2.38. The van der Waals surface area contributed by atoms with Crippen LogP contribution in [0.5, 0.6) is 0 Å². The van der Waals surface area contributed by atoms with Gasteiger partial charge in [-0.05, 0) is 50.9 Å². The fraction of sp³-hybridized carbons (Fsp3) is 0.750. The number of aromatic nitrogens is 1. The molecule has 2 fully saturated rings. The van der Waals surface area contributed by atoms with Gasteiger partial charge in [0.25, 0.3) is 5.91 Å². The number of piperidine rings is 1. The maximum absolute atomic E-state index is 12.5. The Bertz CT molecular complexity index is 513. The molecule has 1 spiro atoms. The van der Waals surface area contributed by atoms with Gasteiger partial charge in [-0.25, -0.2) is 4.98 Å². The number of likely N-dealkylation sites (tertiary alicyclic amines) is 1. The average Bonchev–Trinajstić information content (AvgIpc) is 3.00. The Hall–Kier alpha value is -1.14. The van der Waals surface area contributed by atoms with Crippen LogP contribution in [0.15, 0.2) is 5.38 Å². The molecule has 2 N–H and O–H groups in total. The Balaban J connectivity index is 1.57. The van der Waals surface area contributed by atoms with E-state index in [2.05, 4.69) is 10.3 Å². The van der Waals surface area contributed by atoms with Gasteiger partial charge in [-0.2, -0.15) is 0 Å². The van der Waals surface area contributed by atoms with Crippen molar-refractivity contribution < 1.29 is 9.90 Å². The molecule has 0 atom stereocenters. The first kappa shape index (κ1) is 15.7. The molecule has 0 unspecified atom stereocenters. The first-order chi connectivity index (χ1) is 10.6.